The van der Waals surface area contributed by atoms with Gasteiger partial charge in [0.15, 0.2) is 0 Å². The summed E-state index contributed by atoms with van der Waals surface area (Å²) < 4.78 is 2.04. The summed E-state index contributed by atoms with van der Waals surface area (Å²) in [6, 6.07) is 12.3. The van der Waals surface area contributed by atoms with Crippen molar-refractivity contribution in [1.29, 1.82) is 0 Å². The monoisotopic (exact) mass is 290 g/mol. The lowest BCUT2D eigenvalue weighted by atomic mass is 10.1. The van der Waals surface area contributed by atoms with E-state index in [2.05, 4.69) is 42.3 Å². The maximum Gasteiger partial charge on any atom is 0.133 e. The molecule has 0 saturated heterocycles. The topological polar surface area (TPSA) is 42.7 Å². The molecular weight excluding hydrogens is 272 g/mol. The summed E-state index contributed by atoms with van der Waals surface area (Å²) in [5.41, 5.74) is 6.86. The second kappa shape index (κ2) is 4.98. The summed E-state index contributed by atoms with van der Waals surface area (Å²) in [6.07, 6.45) is 2.81. The van der Waals surface area contributed by atoms with Crippen LogP contribution < -0.4 is 5.32 Å². The molecule has 1 aromatic carbocycles. The minimum atomic E-state index is 0.937. The third-order valence-electron chi connectivity index (χ3n) is 4.36. The summed E-state index contributed by atoms with van der Waals surface area (Å²) in [6.45, 7) is 5.24. The van der Waals surface area contributed by atoms with E-state index in [-0.39, 0.29) is 0 Å². The third-order valence-corrected chi connectivity index (χ3v) is 4.36. The third kappa shape index (κ3) is 1.91. The molecule has 3 aromatic rings. The normalized spacial score (nSPS) is 13.0. The molecule has 0 fully saturated rings. The van der Waals surface area contributed by atoms with Gasteiger partial charge in [-0.2, -0.15) is 5.10 Å². The molecule has 0 atom stereocenters. The Morgan fingerprint density at radius 2 is 2.00 bits per heavy atom. The van der Waals surface area contributed by atoms with Crippen molar-refractivity contribution in [3.05, 3.63) is 59.3 Å². The van der Waals surface area contributed by atoms with E-state index < -0.39 is 0 Å². The van der Waals surface area contributed by atoms with Crippen LogP contribution in [0.2, 0.25) is 0 Å². The van der Waals surface area contributed by atoms with Crippen molar-refractivity contribution in [2.75, 3.05) is 11.9 Å². The van der Waals surface area contributed by atoms with E-state index in [9.17, 15) is 0 Å². The van der Waals surface area contributed by atoms with Gasteiger partial charge in [-0.3, -0.25) is 4.98 Å². The van der Waals surface area contributed by atoms with Crippen molar-refractivity contribution in [1.82, 2.24) is 14.8 Å². The number of pyridine rings is 1. The molecule has 1 aliphatic rings. The van der Waals surface area contributed by atoms with Gasteiger partial charge in [-0.1, -0.05) is 18.2 Å². The van der Waals surface area contributed by atoms with Crippen LogP contribution in [0, 0.1) is 13.8 Å². The molecule has 22 heavy (non-hydrogen) atoms. The van der Waals surface area contributed by atoms with Gasteiger partial charge in [0.1, 0.15) is 11.5 Å². The van der Waals surface area contributed by atoms with Gasteiger partial charge in [-0.15, -0.1) is 0 Å². The van der Waals surface area contributed by atoms with E-state index in [4.69, 9.17) is 5.10 Å². The number of fused-ring (bicyclic) bond motifs is 1. The van der Waals surface area contributed by atoms with Crippen LogP contribution in [-0.2, 0) is 6.42 Å². The molecule has 0 amide bonds. The molecule has 0 aliphatic carbocycles. The molecular formula is C18H18N4. The zero-order chi connectivity index (χ0) is 15.1. The van der Waals surface area contributed by atoms with Gasteiger partial charge in [-0.25, -0.2) is 4.68 Å². The Hall–Kier alpha value is -2.62. The van der Waals surface area contributed by atoms with E-state index in [0.29, 0.717) is 0 Å². The molecule has 0 saturated carbocycles. The quantitative estimate of drug-likeness (QED) is 0.785. The van der Waals surface area contributed by atoms with Crippen LogP contribution in [0.4, 0.5) is 5.82 Å². The molecule has 0 radical (unpaired) electrons. The van der Waals surface area contributed by atoms with Crippen LogP contribution in [-0.4, -0.2) is 21.3 Å². The van der Waals surface area contributed by atoms with Crippen molar-refractivity contribution in [2.24, 2.45) is 0 Å². The van der Waals surface area contributed by atoms with Gasteiger partial charge in [0.2, 0.25) is 0 Å². The van der Waals surface area contributed by atoms with Crippen molar-refractivity contribution >= 4 is 5.82 Å². The van der Waals surface area contributed by atoms with Crippen LogP contribution in [0.5, 0.6) is 0 Å². The fourth-order valence-corrected chi connectivity index (χ4v) is 3.02. The Labute approximate surface area is 129 Å². The number of benzene rings is 1. The molecule has 3 heterocycles. The van der Waals surface area contributed by atoms with E-state index in [1.807, 2.05) is 29.1 Å². The van der Waals surface area contributed by atoms with Gasteiger partial charge in [0, 0.05) is 18.3 Å². The zero-order valence-corrected chi connectivity index (χ0v) is 12.8. The molecule has 1 aliphatic heterocycles. The fourth-order valence-electron chi connectivity index (χ4n) is 3.02. The first-order valence-electron chi connectivity index (χ1n) is 7.59. The smallest absolute Gasteiger partial charge is 0.133 e. The molecule has 4 heteroatoms. The number of aryl methyl sites for hydroxylation is 1. The maximum atomic E-state index is 4.87. The predicted molar refractivity (Wildman–Crippen MR) is 88.5 cm³/mol. The Kier molecular flexibility index (Phi) is 2.96. The molecule has 0 spiro atoms. The Morgan fingerprint density at radius 1 is 1.09 bits per heavy atom. The number of hydrogen-bond acceptors (Lipinski definition) is 3. The first-order valence-corrected chi connectivity index (χ1v) is 7.59. The summed E-state index contributed by atoms with van der Waals surface area (Å²) in [7, 11) is 0. The Morgan fingerprint density at radius 3 is 2.82 bits per heavy atom. The van der Waals surface area contributed by atoms with Gasteiger partial charge < -0.3 is 5.32 Å². The van der Waals surface area contributed by atoms with Crippen LogP contribution in [0.3, 0.4) is 0 Å². The molecule has 0 bridgehead atoms. The summed E-state index contributed by atoms with van der Waals surface area (Å²) in [5, 5.41) is 8.34. The number of aromatic nitrogens is 3. The maximum absolute atomic E-state index is 4.87. The van der Waals surface area contributed by atoms with Crippen LogP contribution in [0.15, 0.2) is 42.6 Å². The molecule has 4 nitrogen and oxygen atoms in total. The van der Waals surface area contributed by atoms with Crippen molar-refractivity contribution < 1.29 is 0 Å². The lowest BCUT2D eigenvalue weighted by Gasteiger charge is -2.11. The van der Waals surface area contributed by atoms with E-state index >= 15 is 0 Å². The Balaban J connectivity index is 1.94. The molecule has 0 unspecified atom stereocenters. The van der Waals surface area contributed by atoms with Gasteiger partial charge >= 0.3 is 0 Å². The number of nitrogens with one attached hydrogen (secondary N) is 1. The number of rotatable bonds is 2. The highest BCUT2D eigenvalue weighted by Crippen LogP contribution is 2.34. The number of nitrogens with zero attached hydrogens (tertiary/aromatic N) is 3. The second-order valence-electron chi connectivity index (χ2n) is 5.70. The number of anilines is 1. The van der Waals surface area contributed by atoms with Gasteiger partial charge in [0.25, 0.3) is 0 Å². The lowest BCUT2D eigenvalue weighted by molar-refractivity contribution is 0.871. The highest BCUT2D eigenvalue weighted by atomic mass is 15.3. The lowest BCUT2D eigenvalue weighted by Crippen LogP contribution is -2.06. The van der Waals surface area contributed by atoms with E-state index in [1.54, 1.807) is 0 Å². The highest BCUT2D eigenvalue weighted by Gasteiger charge is 2.25. The molecule has 110 valence electrons. The predicted octanol–water partition coefficient (Wildman–Crippen LogP) is 3.52. The molecule has 1 N–H and O–H groups in total. The van der Waals surface area contributed by atoms with E-state index in [1.165, 1.54) is 16.7 Å². The highest BCUT2D eigenvalue weighted by molar-refractivity contribution is 5.71. The summed E-state index contributed by atoms with van der Waals surface area (Å²) >= 11 is 0. The summed E-state index contributed by atoms with van der Waals surface area (Å²) in [4.78, 5) is 4.47. The van der Waals surface area contributed by atoms with Crippen LogP contribution in [0.1, 0.15) is 16.7 Å². The SMILES string of the molecule is Cc1cccc(-n2nc(-c3ccccn3)c3c2NCC3)c1C. The second-order valence-corrected chi connectivity index (χ2v) is 5.70. The number of hydrogen-bond donors (Lipinski definition) is 1. The first-order chi connectivity index (χ1) is 10.8. The van der Waals surface area contributed by atoms with Crippen LogP contribution >= 0.6 is 0 Å². The zero-order valence-electron chi connectivity index (χ0n) is 12.8. The average Bonchev–Trinajstić information content (AvgIpc) is 3.13. The first kappa shape index (κ1) is 13.1. The van der Waals surface area contributed by atoms with Gasteiger partial charge in [-0.05, 0) is 49.6 Å². The largest absolute Gasteiger partial charge is 0.369 e. The van der Waals surface area contributed by atoms with Crippen molar-refractivity contribution in [3.63, 3.8) is 0 Å². The average molecular weight is 290 g/mol. The standard InChI is InChI=1S/C18H18N4/c1-12-6-5-8-16(13(12)2)22-18-14(9-11-20-18)17(21-22)15-7-3-4-10-19-15/h3-8,10,20H,9,11H2,1-2H3. The van der Waals surface area contributed by atoms with Crippen molar-refractivity contribution in [3.8, 4) is 17.1 Å². The molecule has 2 aromatic heterocycles. The van der Waals surface area contributed by atoms with Crippen molar-refractivity contribution in [2.45, 2.75) is 20.3 Å². The minimum Gasteiger partial charge on any atom is -0.369 e. The molecule has 4 rings (SSSR count). The van der Waals surface area contributed by atoms with E-state index in [0.717, 1.165) is 35.9 Å². The minimum absolute atomic E-state index is 0.937. The Bertz CT molecular complexity index is 834. The van der Waals surface area contributed by atoms with Gasteiger partial charge in [0.05, 0.1) is 11.4 Å². The fraction of sp³-hybridized carbons (Fsp3) is 0.222. The van der Waals surface area contributed by atoms with Crippen LogP contribution in [0.25, 0.3) is 17.1 Å². The summed E-state index contributed by atoms with van der Waals surface area (Å²) in [5.74, 6) is 1.11.